The van der Waals surface area contributed by atoms with Crippen molar-refractivity contribution >= 4 is 5.91 Å². The van der Waals surface area contributed by atoms with Gasteiger partial charge in [0, 0.05) is 19.4 Å². The Morgan fingerprint density at radius 3 is 2.56 bits per heavy atom. The van der Waals surface area contributed by atoms with E-state index in [0.29, 0.717) is 0 Å². The number of β-lactam (4-membered cyclic amide) rings is 1. The standard InChI is InChI=1S/C6H9NO2/c8-5-1-3-7(5)6-2-4-9-6/h6H,1-4H2. The van der Waals surface area contributed by atoms with E-state index in [2.05, 4.69) is 0 Å². The van der Waals surface area contributed by atoms with Gasteiger partial charge in [-0.05, 0) is 0 Å². The summed E-state index contributed by atoms with van der Waals surface area (Å²) in [4.78, 5) is 12.5. The van der Waals surface area contributed by atoms with E-state index in [1.807, 2.05) is 0 Å². The zero-order valence-electron chi connectivity index (χ0n) is 5.17. The summed E-state index contributed by atoms with van der Waals surface area (Å²) in [5, 5.41) is 0. The smallest absolute Gasteiger partial charge is 0.226 e. The Morgan fingerprint density at radius 2 is 2.44 bits per heavy atom. The van der Waals surface area contributed by atoms with Crippen molar-refractivity contribution in [1.29, 1.82) is 0 Å². The third kappa shape index (κ3) is 0.645. The van der Waals surface area contributed by atoms with Gasteiger partial charge in [-0.2, -0.15) is 0 Å². The quantitative estimate of drug-likeness (QED) is 0.463. The fraction of sp³-hybridized carbons (Fsp3) is 0.833. The molecule has 2 aliphatic rings. The van der Waals surface area contributed by atoms with Crippen LogP contribution in [0.3, 0.4) is 0 Å². The number of hydrogen-bond acceptors (Lipinski definition) is 2. The molecule has 1 amide bonds. The molecule has 0 bridgehead atoms. The first-order chi connectivity index (χ1) is 4.38. The molecule has 1 unspecified atom stereocenters. The topological polar surface area (TPSA) is 29.5 Å². The highest BCUT2D eigenvalue weighted by Crippen LogP contribution is 2.22. The number of ether oxygens (including phenoxy) is 1. The molecular weight excluding hydrogens is 118 g/mol. The van der Waals surface area contributed by atoms with E-state index in [1.54, 1.807) is 4.90 Å². The van der Waals surface area contributed by atoms with Gasteiger partial charge < -0.3 is 9.64 Å². The van der Waals surface area contributed by atoms with Crippen molar-refractivity contribution in [2.45, 2.75) is 19.1 Å². The monoisotopic (exact) mass is 127 g/mol. The highest BCUT2D eigenvalue weighted by atomic mass is 16.5. The predicted molar refractivity (Wildman–Crippen MR) is 30.7 cm³/mol. The van der Waals surface area contributed by atoms with Crippen LogP contribution < -0.4 is 0 Å². The number of carbonyl (C=O) groups excluding carboxylic acids is 1. The number of hydrogen-bond donors (Lipinski definition) is 0. The Labute approximate surface area is 53.6 Å². The minimum Gasteiger partial charge on any atom is -0.358 e. The van der Waals surface area contributed by atoms with Gasteiger partial charge in [-0.3, -0.25) is 4.79 Å². The van der Waals surface area contributed by atoms with Gasteiger partial charge in [-0.1, -0.05) is 0 Å². The van der Waals surface area contributed by atoms with Crippen molar-refractivity contribution in [2.24, 2.45) is 0 Å². The average Bonchev–Trinajstić information content (AvgIpc) is 1.74. The lowest BCUT2D eigenvalue weighted by Gasteiger charge is -2.42. The number of amides is 1. The van der Waals surface area contributed by atoms with Gasteiger partial charge in [0.2, 0.25) is 5.91 Å². The third-order valence-corrected chi connectivity index (χ3v) is 1.91. The summed E-state index contributed by atoms with van der Waals surface area (Å²) in [6.07, 6.45) is 1.90. The highest BCUT2D eigenvalue weighted by molar-refractivity contribution is 5.81. The zero-order valence-corrected chi connectivity index (χ0v) is 5.17. The van der Waals surface area contributed by atoms with Crippen LogP contribution in [-0.4, -0.2) is 30.2 Å². The van der Waals surface area contributed by atoms with Crippen LogP contribution in [0.15, 0.2) is 0 Å². The van der Waals surface area contributed by atoms with E-state index >= 15 is 0 Å². The summed E-state index contributed by atoms with van der Waals surface area (Å²) in [6.45, 7) is 1.73. The van der Waals surface area contributed by atoms with E-state index < -0.39 is 0 Å². The molecule has 2 saturated heterocycles. The number of rotatable bonds is 1. The van der Waals surface area contributed by atoms with Crippen molar-refractivity contribution in [2.75, 3.05) is 13.2 Å². The van der Waals surface area contributed by atoms with Crippen molar-refractivity contribution < 1.29 is 9.53 Å². The second-order valence-electron chi connectivity index (χ2n) is 2.45. The molecule has 0 aromatic heterocycles. The molecule has 0 aromatic carbocycles. The summed E-state index contributed by atoms with van der Waals surface area (Å²) in [7, 11) is 0. The minimum atomic E-state index is 0.145. The SMILES string of the molecule is O=C1CCN1C1CCO1. The van der Waals surface area contributed by atoms with Crippen LogP contribution in [0.4, 0.5) is 0 Å². The maximum Gasteiger partial charge on any atom is 0.226 e. The molecular formula is C6H9NO2. The summed E-state index contributed by atoms with van der Waals surface area (Å²) in [5.41, 5.74) is 0. The highest BCUT2D eigenvalue weighted by Gasteiger charge is 2.35. The third-order valence-electron chi connectivity index (χ3n) is 1.91. The van der Waals surface area contributed by atoms with Crippen LogP contribution >= 0.6 is 0 Å². The largest absolute Gasteiger partial charge is 0.358 e. The normalized spacial score (nSPS) is 33.6. The fourth-order valence-corrected chi connectivity index (χ4v) is 1.11. The zero-order chi connectivity index (χ0) is 6.27. The van der Waals surface area contributed by atoms with Crippen LogP contribution in [0, 0.1) is 0 Å². The number of likely N-dealkylation sites (tertiary alicyclic amines) is 1. The van der Waals surface area contributed by atoms with Gasteiger partial charge in [0.1, 0.15) is 6.23 Å². The van der Waals surface area contributed by atoms with Crippen LogP contribution in [0.2, 0.25) is 0 Å². The van der Waals surface area contributed by atoms with Gasteiger partial charge in [0.15, 0.2) is 0 Å². The molecule has 1 atom stereocenters. The predicted octanol–water partition coefficient (Wildman–Crippen LogP) is -0.0349. The molecule has 3 nitrogen and oxygen atoms in total. The lowest BCUT2D eigenvalue weighted by molar-refractivity contribution is -0.184. The van der Waals surface area contributed by atoms with Gasteiger partial charge in [0.25, 0.3) is 0 Å². The second kappa shape index (κ2) is 1.70. The van der Waals surface area contributed by atoms with Crippen molar-refractivity contribution in [3.8, 4) is 0 Å². The van der Waals surface area contributed by atoms with Crippen LogP contribution in [0.25, 0.3) is 0 Å². The maximum atomic E-state index is 10.7. The van der Waals surface area contributed by atoms with Crippen molar-refractivity contribution in [3.05, 3.63) is 0 Å². The molecule has 0 aliphatic carbocycles. The molecule has 50 valence electrons. The first kappa shape index (κ1) is 5.23. The molecule has 2 fully saturated rings. The van der Waals surface area contributed by atoms with Crippen molar-refractivity contribution in [3.63, 3.8) is 0 Å². The van der Waals surface area contributed by atoms with E-state index in [4.69, 9.17) is 4.74 Å². The Hall–Kier alpha value is -0.570. The molecule has 9 heavy (non-hydrogen) atoms. The minimum absolute atomic E-state index is 0.145. The summed E-state index contributed by atoms with van der Waals surface area (Å²) in [6, 6.07) is 0. The van der Waals surface area contributed by atoms with Crippen LogP contribution in [0.1, 0.15) is 12.8 Å². The molecule has 2 heterocycles. The first-order valence-electron chi connectivity index (χ1n) is 3.29. The lowest BCUT2D eigenvalue weighted by Crippen LogP contribution is -2.54. The fourth-order valence-electron chi connectivity index (χ4n) is 1.11. The van der Waals surface area contributed by atoms with Gasteiger partial charge in [-0.25, -0.2) is 0 Å². The van der Waals surface area contributed by atoms with Crippen LogP contribution in [0.5, 0.6) is 0 Å². The van der Waals surface area contributed by atoms with E-state index in [-0.39, 0.29) is 12.1 Å². The molecule has 2 rings (SSSR count). The Morgan fingerprint density at radius 1 is 1.67 bits per heavy atom. The Balaban J connectivity index is 1.90. The average molecular weight is 127 g/mol. The number of nitrogens with zero attached hydrogens (tertiary/aromatic N) is 1. The van der Waals surface area contributed by atoms with Gasteiger partial charge in [0.05, 0.1) is 6.61 Å². The first-order valence-corrected chi connectivity index (χ1v) is 3.29. The second-order valence-corrected chi connectivity index (χ2v) is 2.45. The Kier molecular flexibility index (Phi) is 0.990. The van der Waals surface area contributed by atoms with Gasteiger partial charge >= 0.3 is 0 Å². The summed E-state index contributed by atoms with van der Waals surface area (Å²) >= 11 is 0. The molecule has 3 heteroatoms. The molecule has 0 saturated carbocycles. The number of carbonyl (C=O) groups is 1. The van der Waals surface area contributed by atoms with Crippen molar-refractivity contribution in [1.82, 2.24) is 4.90 Å². The molecule has 2 aliphatic heterocycles. The molecule has 0 spiro atoms. The summed E-state index contributed by atoms with van der Waals surface area (Å²) in [5.74, 6) is 0.250. The van der Waals surface area contributed by atoms with E-state index in [1.165, 1.54) is 0 Å². The molecule has 0 radical (unpaired) electrons. The van der Waals surface area contributed by atoms with Gasteiger partial charge in [-0.15, -0.1) is 0 Å². The van der Waals surface area contributed by atoms with Crippen LogP contribution in [-0.2, 0) is 9.53 Å². The summed E-state index contributed by atoms with van der Waals surface area (Å²) < 4.78 is 5.11. The maximum absolute atomic E-state index is 10.7. The van der Waals surface area contributed by atoms with E-state index in [0.717, 1.165) is 26.0 Å². The lowest BCUT2D eigenvalue weighted by atomic mass is 10.1. The molecule has 0 aromatic rings. The Bertz CT molecular complexity index is 142. The molecule has 0 N–H and O–H groups in total. The van der Waals surface area contributed by atoms with E-state index in [9.17, 15) is 4.79 Å².